The van der Waals surface area contributed by atoms with Gasteiger partial charge in [0.2, 0.25) is 5.91 Å². The van der Waals surface area contributed by atoms with Crippen LogP contribution in [0.4, 0.5) is 0 Å². The summed E-state index contributed by atoms with van der Waals surface area (Å²) in [6.45, 7) is 1.50. The van der Waals surface area contributed by atoms with Crippen LogP contribution in [0.25, 0.3) is 0 Å². The van der Waals surface area contributed by atoms with Gasteiger partial charge in [-0.1, -0.05) is 18.2 Å². The number of hydrogen-bond donors (Lipinski definition) is 2. The van der Waals surface area contributed by atoms with Crippen LogP contribution in [0.15, 0.2) is 23.8 Å². The molecule has 5 nitrogen and oxygen atoms in total. The SMILES string of the molecule is COC1C=CC([C@H](O)[C@@H](N)C(=O)N2CCCC2)=CC1. The van der Waals surface area contributed by atoms with Crippen LogP contribution in [0.1, 0.15) is 19.3 Å². The zero-order valence-electron chi connectivity index (χ0n) is 11.3. The molecular formula is C14H22N2O3. The molecule has 1 aliphatic carbocycles. The summed E-state index contributed by atoms with van der Waals surface area (Å²) in [4.78, 5) is 13.8. The van der Waals surface area contributed by atoms with Gasteiger partial charge in [-0.15, -0.1) is 0 Å². The van der Waals surface area contributed by atoms with Gasteiger partial charge in [0, 0.05) is 20.2 Å². The zero-order valence-corrected chi connectivity index (χ0v) is 11.3. The molecule has 0 bridgehead atoms. The molecule has 19 heavy (non-hydrogen) atoms. The fourth-order valence-corrected chi connectivity index (χ4v) is 2.50. The average molecular weight is 266 g/mol. The predicted octanol–water partition coefficient (Wildman–Crippen LogP) is 0.198. The summed E-state index contributed by atoms with van der Waals surface area (Å²) in [5.41, 5.74) is 6.59. The summed E-state index contributed by atoms with van der Waals surface area (Å²) in [5.74, 6) is -0.159. The van der Waals surface area contributed by atoms with Crippen molar-refractivity contribution in [1.29, 1.82) is 0 Å². The molecule has 1 aliphatic heterocycles. The van der Waals surface area contributed by atoms with E-state index in [2.05, 4.69) is 0 Å². The first kappa shape index (κ1) is 14.2. The van der Waals surface area contributed by atoms with Crippen molar-refractivity contribution in [3.8, 4) is 0 Å². The molecule has 0 aromatic carbocycles. The van der Waals surface area contributed by atoms with Crippen LogP contribution in [0.5, 0.6) is 0 Å². The molecule has 0 saturated carbocycles. The van der Waals surface area contributed by atoms with Crippen LogP contribution in [-0.2, 0) is 9.53 Å². The van der Waals surface area contributed by atoms with Gasteiger partial charge >= 0.3 is 0 Å². The van der Waals surface area contributed by atoms with Crippen LogP contribution in [-0.4, -0.2) is 54.4 Å². The lowest BCUT2D eigenvalue weighted by atomic mass is 9.95. The molecule has 0 aromatic rings. The minimum atomic E-state index is -0.942. The van der Waals surface area contributed by atoms with Gasteiger partial charge in [-0.25, -0.2) is 0 Å². The third-order valence-electron chi connectivity index (χ3n) is 3.78. The number of amides is 1. The first-order valence-corrected chi connectivity index (χ1v) is 6.77. The summed E-state index contributed by atoms with van der Waals surface area (Å²) < 4.78 is 5.19. The van der Waals surface area contributed by atoms with Gasteiger partial charge in [0.25, 0.3) is 0 Å². The van der Waals surface area contributed by atoms with E-state index in [4.69, 9.17) is 10.5 Å². The van der Waals surface area contributed by atoms with Crippen molar-refractivity contribution in [2.75, 3.05) is 20.2 Å². The van der Waals surface area contributed by atoms with Crippen molar-refractivity contribution >= 4 is 5.91 Å². The van der Waals surface area contributed by atoms with Gasteiger partial charge in [0.15, 0.2) is 0 Å². The minimum absolute atomic E-state index is 0.0430. The van der Waals surface area contributed by atoms with Crippen LogP contribution in [0.3, 0.4) is 0 Å². The highest BCUT2D eigenvalue weighted by molar-refractivity contribution is 5.83. The Kier molecular flexibility index (Phi) is 4.74. The number of hydrogen-bond acceptors (Lipinski definition) is 4. The quantitative estimate of drug-likeness (QED) is 0.762. The number of likely N-dealkylation sites (tertiary alicyclic amines) is 1. The molecule has 1 saturated heterocycles. The lowest BCUT2D eigenvalue weighted by Gasteiger charge is -2.26. The topological polar surface area (TPSA) is 75.8 Å². The van der Waals surface area contributed by atoms with Crippen molar-refractivity contribution in [3.05, 3.63) is 23.8 Å². The number of carbonyl (C=O) groups is 1. The van der Waals surface area contributed by atoms with Crippen molar-refractivity contribution < 1.29 is 14.6 Å². The van der Waals surface area contributed by atoms with E-state index in [0.29, 0.717) is 12.0 Å². The molecule has 2 aliphatic rings. The Morgan fingerprint density at radius 3 is 2.74 bits per heavy atom. The van der Waals surface area contributed by atoms with E-state index in [1.807, 2.05) is 12.2 Å². The number of aliphatic hydroxyl groups is 1. The summed E-state index contributed by atoms with van der Waals surface area (Å²) >= 11 is 0. The first-order chi connectivity index (χ1) is 9.13. The molecule has 0 aromatic heterocycles. The highest BCUT2D eigenvalue weighted by Gasteiger charge is 2.30. The first-order valence-electron chi connectivity index (χ1n) is 6.77. The molecule has 1 fully saturated rings. The van der Waals surface area contributed by atoms with Crippen molar-refractivity contribution in [3.63, 3.8) is 0 Å². The Morgan fingerprint density at radius 2 is 2.21 bits per heavy atom. The van der Waals surface area contributed by atoms with E-state index < -0.39 is 12.1 Å². The zero-order chi connectivity index (χ0) is 13.8. The third kappa shape index (κ3) is 3.23. The van der Waals surface area contributed by atoms with Crippen molar-refractivity contribution in [2.45, 2.75) is 37.5 Å². The van der Waals surface area contributed by atoms with Crippen molar-refractivity contribution in [2.24, 2.45) is 5.73 Å². The second-order valence-electron chi connectivity index (χ2n) is 5.08. The molecule has 5 heteroatoms. The van der Waals surface area contributed by atoms with Gasteiger partial charge < -0.3 is 20.5 Å². The largest absolute Gasteiger partial charge is 0.386 e. The van der Waals surface area contributed by atoms with Crippen LogP contribution in [0, 0.1) is 0 Å². The van der Waals surface area contributed by atoms with E-state index in [0.717, 1.165) is 25.9 Å². The van der Waals surface area contributed by atoms with E-state index in [9.17, 15) is 9.90 Å². The highest BCUT2D eigenvalue weighted by Crippen LogP contribution is 2.19. The highest BCUT2D eigenvalue weighted by atomic mass is 16.5. The summed E-state index contributed by atoms with van der Waals surface area (Å²) in [7, 11) is 1.65. The molecular weight excluding hydrogens is 244 g/mol. The smallest absolute Gasteiger partial charge is 0.242 e. The number of methoxy groups -OCH3 is 1. The van der Waals surface area contributed by atoms with E-state index in [1.165, 1.54) is 0 Å². The monoisotopic (exact) mass is 266 g/mol. The number of rotatable bonds is 4. The standard InChI is InChI=1S/C14H22N2O3/c1-19-11-6-4-10(5-7-11)13(17)12(15)14(18)16-8-2-3-9-16/h4-6,11-13,17H,2-3,7-9,15H2,1H3/t11?,12-,13+/m1/s1. The Balaban J connectivity index is 1.95. The lowest BCUT2D eigenvalue weighted by Crippen LogP contribution is -2.49. The van der Waals surface area contributed by atoms with Crippen molar-refractivity contribution in [1.82, 2.24) is 4.90 Å². The second kappa shape index (κ2) is 6.32. The average Bonchev–Trinajstić information content (AvgIpc) is 2.99. The maximum Gasteiger partial charge on any atom is 0.242 e. The Bertz CT molecular complexity index is 386. The minimum Gasteiger partial charge on any atom is -0.386 e. The summed E-state index contributed by atoms with van der Waals surface area (Å²) in [6.07, 6.45) is 7.40. The Morgan fingerprint density at radius 1 is 1.53 bits per heavy atom. The van der Waals surface area contributed by atoms with Gasteiger partial charge in [-0.3, -0.25) is 4.79 Å². The molecule has 106 valence electrons. The molecule has 2 rings (SSSR count). The predicted molar refractivity (Wildman–Crippen MR) is 72.4 cm³/mol. The maximum atomic E-state index is 12.1. The molecule has 1 heterocycles. The Hall–Kier alpha value is -1.17. The molecule has 1 unspecified atom stereocenters. The normalized spacial score (nSPS) is 26.2. The number of nitrogens with two attached hydrogens (primary N) is 1. The number of carbonyl (C=O) groups excluding carboxylic acids is 1. The summed E-state index contributed by atoms with van der Waals surface area (Å²) in [5, 5.41) is 10.2. The Labute approximate surface area is 113 Å². The van der Waals surface area contributed by atoms with Gasteiger partial charge in [-0.2, -0.15) is 0 Å². The van der Waals surface area contributed by atoms with E-state index >= 15 is 0 Å². The van der Waals surface area contributed by atoms with E-state index in [-0.39, 0.29) is 12.0 Å². The molecule has 0 spiro atoms. The molecule has 1 amide bonds. The molecule has 3 N–H and O–H groups in total. The van der Waals surface area contributed by atoms with Gasteiger partial charge in [0.05, 0.1) is 6.10 Å². The van der Waals surface area contributed by atoms with Crippen LogP contribution in [0.2, 0.25) is 0 Å². The maximum absolute atomic E-state index is 12.1. The van der Waals surface area contributed by atoms with Crippen LogP contribution >= 0.6 is 0 Å². The lowest BCUT2D eigenvalue weighted by molar-refractivity contribution is -0.133. The van der Waals surface area contributed by atoms with Crippen LogP contribution < -0.4 is 5.73 Å². The molecule has 0 radical (unpaired) electrons. The van der Waals surface area contributed by atoms with Gasteiger partial charge in [0.1, 0.15) is 12.1 Å². The third-order valence-corrected chi connectivity index (χ3v) is 3.78. The molecule has 3 atom stereocenters. The van der Waals surface area contributed by atoms with Gasteiger partial charge in [-0.05, 0) is 24.8 Å². The second-order valence-corrected chi connectivity index (χ2v) is 5.08. The number of nitrogens with zero attached hydrogens (tertiary/aromatic N) is 1. The fraction of sp³-hybridized carbons (Fsp3) is 0.643. The summed E-state index contributed by atoms with van der Waals surface area (Å²) in [6, 6.07) is -0.881. The number of ether oxygens (including phenoxy) is 1. The number of aliphatic hydroxyl groups excluding tert-OH is 1. The fourth-order valence-electron chi connectivity index (χ4n) is 2.50. The van der Waals surface area contributed by atoms with E-state index in [1.54, 1.807) is 18.1 Å².